The quantitative estimate of drug-likeness (QED) is 0.734. The highest BCUT2D eigenvalue weighted by atomic mass is 35.5. The smallest absolute Gasteiger partial charge is 0.233 e. The van der Waals surface area contributed by atoms with Crippen molar-refractivity contribution in [2.45, 2.75) is 26.3 Å². The van der Waals surface area contributed by atoms with Gasteiger partial charge in [0.15, 0.2) is 0 Å². The number of benzene rings is 1. The van der Waals surface area contributed by atoms with E-state index >= 15 is 0 Å². The van der Waals surface area contributed by atoms with Crippen LogP contribution in [0.1, 0.15) is 25.3 Å². The molecule has 3 nitrogen and oxygen atoms in total. The molecule has 1 amide bonds. The van der Waals surface area contributed by atoms with E-state index in [1.54, 1.807) is 0 Å². The molecular formula is C13H19ClN2O. The Hall–Kier alpha value is -1.06. The molecule has 0 saturated heterocycles. The normalized spacial score (nSPS) is 10.2. The van der Waals surface area contributed by atoms with Crippen LogP contribution in [0.2, 0.25) is 5.02 Å². The fraction of sp³-hybridized carbons (Fsp3) is 0.462. The lowest BCUT2D eigenvalue weighted by Crippen LogP contribution is -2.34. The molecule has 0 aromatic heterocycles. The molecule has 0 saturated carbocycles. The van der Waals surface area contributed by atoms with E-state index in [0.29, 0.717) is 13.1 Å². The van der Waals surface area contributed by atoms with Crippen LogP contribution in [0.3, 0.4) is 0 Å². The molecule has 2 N–H and O–H groups in total. The second-order valence-corrected chi connectivity index (χ2v) is 4.37. The van der Waals surface area contributed by atoms with Crippen molar-refractivity contribution >= 4 is 17.5 Å². The number of amides is 1. The first-order valence-corrected chi connectivity index (χ1v) is 6.32. The largest absolute Gasteiger partial charge is 0.355 e. The van der Waals surface area contributed by atoms with Crippen molar-refractivity contribution in [3.05, 3.63) is 34.9 Å². The highest BCUT2D eigenvalue weighted by molar-refractivity contribution is 6.30. The number of unbranched alkanes of at least 4 members (excludes halogenated alkanes) is 1. The van der Waals surface area contributed by atoms with Gasteiger partial charge in [-0.3, -0.25) is 4.79 Å². The SMILES string of the molecule is CCCCNC(=O)CNCc1cccc(Cl)c1. The summed E-state index contributed by atoms with van der Waals surface area (Å²) in [5, 5.41) is 6.66. The summed E-state index contributed by atoms with van der Waals surface area (Å²) in [4.78, 5) is 11.4. The van der Waals surface area contributed by atoms with Gasteiger partial charge < -0.3 is 10.6 Å². The van der Waals surface area contributed by atoms with Gasteiger partial charge in [-0.1, -0.05) is 37.1 Å². The highest BCUT2D eigenvalue weighted by Crippen LogP contribution is 2.09. The summed E-state index contributed by atoms with van der Waals surface area (Å²) >= 11 is 5.86. The van der Waals surface area contributed by atoms with Crippen molar-refractivity contribution in [1.29, 1.82) is 0 Å². The molecule has 0 atom stereocenters. The zero-order valence-corrected chi connectivity index (χ0v) is 10.9. The maximum absolute atomic E-state index is 11.4. The summed E-state index contributed by atoms with van der Waals surface area (Å²) in [6.45, 7) is 3.86. The molecule has 0 heterocycles. The first-order valence-electron chi connectivity index (χ1n) is 5.94. The van der Waals surface area contributed by atoms with E-state index in [1.807, 2.05) is 24.3 Å². The van der Waals surface area contributed by atoms with E-state index in [2.05, 4.69) is 17.6 Å². The van der Waals surface area contributed by atoms with Crippen LogP contribution in [-0.4, -0.2) is 19.0 Å². The minimum atomic E-state index is 0.0421. The van der Waals surface area contributed by atoms with Crippen LogP contribution < -0.4 is 10.6 Å². The molecular weight excluding hydrogens is 236 g/mol. The molecule has 0 bridgehead atoms. The van der Waals surface area contributed by atoms with Crippen molar-refractivity contribution < 1.29 is 4.79 Å². The summed E-state index contributed by atoms with van der Waals surface area (Å²) < 4.78 is 0. The van der Waals surface area contributed by atoms with E-state index in [4.69, 9.17) is 11.6 Å². The molecule has 0 aliphatic rings. The third kappa shape index (κ3) is 6.29. The Kier molecular flexibility index (Phi) is 6.67. The molecule has 4 heteroatoms. The Bertz CT molecular complexity index is 355. The van der Waals surface area contributed by atoms with Crippen molar-refractivity contribution in [2.24, 2.45) is 0 Å². The van der Waals surface area contributed by atoms with Crippen molar-refractivity contribution in [2.75, 3.05) is 13.1 Å². The second-order valence-electron chi connectivity index (χ2n) is 3.94. The van der Waals surface area contributed by atoms with E-state index in [1.165, 1.54) is 0 Å². The molecule has 0 radical (unpaired) electrons. The lowest BCUT2D eigenvalue weighted by Gasteiger charge is -2.06. The van der Waals surface area contributed by atoms with Gasteiger partial charge in [0.05, 0.1) is 6.54 Å². The van der Waals surface area contributed by atoms with Crippen molar-refractivity contribution in [1.82, 2.24) is 10.6 Å². The van der Waals surface area contributed by atoms with Gasteiger partial charge in [-0.2, -0.15) is 0 Å². The number of nitrogens with one attached hydrogen (secondary N) is 2. The first-order chi connectivity index (χ1) is 8.22. The van der Waals surface area contributed by atoms with Gasteiger partial charge in [0, 0.05) is 18.1 Å². The summed E-state index contributed by atoms with van der Waals surface area (Å²) in [7, 11) is 0. The van der Waals surface area contributed by atoms with Gasteiger partial charge in [0.1, 0.15) is 0 Å². The number of hydrogen-bond acceptors (Lipinski definition) is 2. The average Bonchev–Trinajstić information content (AvgIpc) is 2.29. The zero-order chi connectivity index (χ0) is 12.5. The average molecular weight is 255 g/mol. The number of rotatable bonds is 7. The van der Waals surface area contributed by atoms with Crippen molar-refractivity contribution in [3.63, 3.8) is 0 Å². The predicted octanol–water partition coefficient (Wildman–Crippen LogP) is 2.35. The minimum Gasteiger partial charge on any atom is -0.355 e. The zero-order valence-electron chi connectivity index (χ0n) is 10.1. The summed E-state index contributed by atoms with van der Waals surface area (Å²) in [6, 6.07) is 7.61. The number of carbonyl (C=O) groups excluding carboxylic acids is 1. The fourth-order valence-corrected chi connectivity index (χ4v) is 1.65. The Balaban J connectivity index is 2.17. The van der Waals surface area contributed by atoms with Gasteiger partial charge in [-0.15, -0.1) is 0 Å². The maximum Gasteiger partial charge on any atom is 0.233 e. The molecule has 0 spiro atoms. The van der Waals surface area contributed by atoms with E-state index < -0.39 is 0 Å². The second kappa shape index (κ2) is 8.09. The molecule has 0 aliphatic heterocycles. The van der Waals surface area contributed by atoms with Crippen LogP contribution in [0, 0.1) is 0 Å². The molecule has 0 unspecified atom stereocenters. The standard InChI is InChI=1S/C13H19ClN2O/c1-2-3-7-16-13(17)10-15-9-11-5-4-6-12(14)8-11/h4-6,8,15H,2-3,7,9-10H2,1H3,(H,16,17). The topological polar surface area (TPSA) is 41.1 Å². The molecule has 94 valence electrons. The number of halogens is 1. The van der Waals surface area contributed by atoms with Crippen LogP contribution in [0.4, 0.5) is 0 Å². The number of carbonyl (C=O) groups is 1. The Morgan fingerprint density at radius 1 is 1.41 bits per heavy atom. The van der Waals surface area contributed by atoms with Gasteiger partial charge in [0.25, 0.3) is 0 Å². The van der Waals surface area contributed by atoms with Crippen LogP contribution in [-0.2, 0) is 11.3 Å². The van der Waals surface area contributed by atoms with E-state index in [9.17, 15) is 4.79 Å². The van der Waals surface area contributed by atoms with Gasteiger partial charge in [-0.25, -0.2) is 0 Å². The molecule has 17 heavy (non-hydrogen) atoms. The van der Waals surface area contributed by atoms with Crippen molar-refractivity contribution in [3.8, 4) is 0 Å². The monoisotopic (exact) mass is 254 g/mol. The Labute approximate surface area is 108 Å². The van der Waals surface area contributed by atoms with E-state index in [0.717, 1.165) is 30.0 Å². The van der Waals surface area contributed by atoms with Gasteiger partial charge in [0.2, 0.25) is 5.91 Å². The summed E-state index contributed by atoms with van der Waals surface area (Å²) in [5.74, 6) is 0.0421. The fourth-order valence-electron chi connectivity index (χ4n) is 1.43. The molecule has 1 rings (SSSR count). The van der Waals surface area contributed by atoms with Crippen LogP contribution in [0.25, 0.3) is 0 Å². The third-order valence-corrected chi connectivity index (χ3v) is 2.59. The molecule has 0 aliphatic carbocycles. The lowest BCUT2D eigenvalue weighted by molar-refractivity contribution is -0.120. The Morgan fingerprint density at radius 2 is 2.24 bits per heavy atom. The van der Waals surface area contributed by atoms with Crippen LogP contribution in [0.15, 0.2) is 24.3 Å². The summed E-state index contributed by atoms with van der Waals surface area (Å²) in [6.07, 6.45) is 2.12. The predicted molar refractivity (Wildman–Crippen MR) is 71.1 cm³/mol. The number of hydrogen-bond donors (Lipinski definition) is 2. The summed E-state index contributed by atoms with van der Waals surface area (Å²) in [5.41, 5.74) is 1.08. The van der Waals surface area contributed by atoms with Gasteiger partial charge in [-0.05, 0) is 24.1 Å². The van der Waals surface area contributed by atoms with E-state index in [-0.39, 0.29) is 5.91 Å². The third-order valence-electron chi connectivity index (χ3n) is 2.36. The molecule has 1 aromatic rings. The first kappa shape index (κ1) is 14.0. The molecule has 0 fully saturated rings. The van der Waals surface area contributed by atoms with Gasteiger partial charge >= 0.3 is 0 Å². The van der Waals surface area contributed by atoms with Crippen LogP contribution in [0.5, 0.6) is 0 Å². The maximum atomic E-state index is 11.4. The highest BCUT2D eigenvalue weighted by Gasteiger charge is 1.99. The molecule has 1 aromatic carbocycles. The minimum absolute atomic E-state index is 0.0421. The van der Waals surface area contributed by atoms with Crippen LogP contribution >= 0.6 is 11.6 Å². The lowest BCUT2D eigenvalue weighted by atomic mass is 10.2. The Morgan fingerprint density at radius 3 is 2.94 bits per heavy atom.